The molecule has 0 saturated carbocycles. The van der Waals surface area contributed by atoms with Gasteiger partial charge in [-0.05, 0) is 34.8 Å². The molecule has 1 aromatic heterocycles. The molecule has 0 aliphatic carbocycles. The van der Waals surface area contributed by atoms with E-state index in [4.69, 9.17) is 5.11 Å². The van der Waals surface area contributed by atoms with Gasteiger partial charge in [-0.2, -0.15) is 0 Å². The highest BCUT2D eigenvalue weighted by atomic mass is 79.9. The molecular weight excluding hydrogens is 314 g/mol. The van der Waals surface area contributed by atoms with Gasteiger partial charge < -0.3 is 20.4 Å². The van der Waals surface area contributed by atoms with Crippen LogP contribution in [-0.4, -0.2) is 40.4 Å². The quantitative estimate of drug-likeness (QED) is 0.733. The topological polar surface area (TPSA) is 85.7 Å². The Morgan fingerprint density at radius 2 is 2.37 bits per heavy atom. The zero-order valence-corrected chi connectivity index (χ0v) is 11.9. The Hall–Kier alpha value is -1.34. The number of carboxylic acid groups (broad SMARTS) is 1. The molecule has 0 bridgehead atoms. The predicted molar refractivity (Wildman–Crippen MR) is 74.3 cm³/mol. The summed E-state index contributed by atoms with van der Waals surface area (Å²) in [4.78, 5) is 17.1. The van der Waals surface area contributed by atoms with Crippen LogP contribution in [-0.2, 0) is 6.61 Å². The van der Waals surface area contributed by atoms with Crippen LogP contribution in [0.2, 0.25) is 0 Å². The molecule has 2 rings (SSSR count). The fourth-order valence-electron chi connectivity index (χ4n) is 2.31. The van der Waals surface area contributed by atoms with E-state index in [2.05, 4.69) is 26.2 Å². The predicted octanol–water partition coefficient (Wildman–Crippen LogP) is 1.57. The van der Waals surface area contributed by atoms with Crippen molar-refractivity contribution in [2.24, 2.45) is 0 Å². The van der Waals surface area contributed by atoms with Crippen molar-refractivity contribution in [1.29, 1.82) is 0 Å². The summed E-state index contributed by atoms with van der Waals surface area (Å²) in [5.74, 6) is 0.716. The number of anilines is 1. The minimum atomic E-state index is -1.00. The van der Waals surface area contributed by atoms with Crippen molar-refractivity contribution in [1.82, 2.24) is 10.3 Å². The molecule has 0 spiro atoms. The number of rotatable bonds is 3. The Balaban J connectivity index is 2.16. The van der Waals surface area contributed by atoms with Crippen molar-refractivity contribution in [3.05, 3.63) is 22.3 Å². The molecule has 1 aliphatic heterocycles. The number of pyridine rings is 1. The summed E-state index contributed by atoms with van der Waals surface area (Å²) >= 11 is 3.32. The smallest absolute Gasteiger partial charge is 0.404 e. The molecule has 7 heteroatoms. The molecule has 1 fully saturated rings. The van der Waals surface area contributed by atoms with E-state index >= 15 is 0 Å². The molecule has 1 aliphatic rings. The highest BCUT2D eigenvalue weighted by Crippen LogP contribution is 2.24. The Labute approximate surface area is 119 Å². The van der Waals surface area contributed by atoms with Crippen molar-refractivity contribution < 1.29 is 15.0 Å². The van der Waals surface area contributed by atoms with Crippen molar-refractivity contribution in [3.8, 4) is 0 Å². The molecule has 104 valence electrons. The Morgan fingerprint density at radius 3 is 3.05 bits per heavy atom. The summed E-state index contributed by atoms with van der Waals surface area (Å²) in [6, 6.07) is 3.51. The lowest BCUT2D eigenvalue weighted by Crippen LogP contribution is -2.48. The first-order chi connectivity index (χ1) is 9.10. The second kappa shape index (κ2) is 6.21. The monoisotopic (exact) mass is 329 g/mol. The molecule has 1 amide bonds. The maximum absolute atomic E-state index is 10.7. The first kappa shape index (κ1) is 14.1. The van der Waals surface area contributed by atoms with Crippen LogP contribution in [0.5, 0.6) is 0 Å². The van der Waals surface area contributed by atoms with Gasteiger partial charge in [0, 0.05) is 24.7 Å². The first-order valence-electron chi connectivity index (χ1n) is 6.11. The highest BCUT2D eigenvalue weighted by molar-refractivity contribution is 9.10. The number of nitrogens with one attached hydrogen (secondary N) is 1. The van der Waals surface area contributed by atoms with E-state index in [1.807, 2.05) is 11.0 Å². The number of halogens is 1. The average Bonchev–Trinajstić information content (AvgIpc) is 2.38. The molecule has 1 saturated heterocycles. The van der Waals surface area contributed by atoms with Crippen LogP contribution in [0, 0.1) is 0 Å². The van der Waals surface area contributed by atoms with Crippen molar-refractivity contribution in [3.63, 3.8) is 0 Å². The summed E-state index contributed by atoms with van der Waals surface area (Å²) in [5, 5.41) is 20.6. The fourth-order valence-corrected chi connectivity index (χ4v) is 2.61. The lowest BCUT2D eigenvalue weighted by atomic mass is 10.1. The Kier molecular flexibility index (Phi) is 4.60. The lowest BCUT2D eigenvalue weighted by Gasteiger charge is -2.34. The second-order valence-electron chi connectivity index (χ2n) is 4.51. The van der Waals surface area contributed by atoms with E-state index in [1.165, 1.54) is 0 Å². The van der Waals surface area contributed by atoms with Gasteiger partial charge in [0.15, 0.2) is 0 Å². The lowest BCUT2D eigenvalue weighted by molar-refractivity contribution is 0.188. The maximum Gasteiger partial charge on any atom is 0.404 e. The van der Waals surface area contributed by atoms with Gasteiger partial charge in [-0.25, -0.2) is 9.78 Å². The maximum atomic E-state index is 10.7. The van der Waals surface area contributed by atoms with Crippen molar-refractivity contribution in [2.45, 2.75) is 25.5 Å². The minimum absolute atomic E-state index is 0.0802. The van der Waals surface area contributed by atoms with Gasteiger partial charge in [0.1, 0.15) is 10.4 Å². The van der Waals surface area contributed by atoms with Crippen LogP contribution in [0.4, 0.5) is 10.6 Å². The van der Waals surface area contributed by atoms with Gasteiger partial charge in [-0.1, -0.05) is 6.07 Å². The molecule has 0 unspecified atom stereocenters. The summed E-state index contributed by atoms with van der Waals surface area (Å²) in [5.41, 5.74) is 0.749. The number of carbonyl (C=O) groups is 1. The van der Waals surface area contributed by atoms with E-state index in [0.29, 0.717) is 17.0 Å². The normalized spacial score (nSPS) is 19.3. The Bertz CT molecular complexity index is 470. The molecule has 6 nitrogen and oxygen atoms in total. The van der Waals surface area contributed by atoms with Gasteiger partial charge in [-0.15, -0.1) is 0 Å². The van der Waals surface area contributed by atoms with E-state index in [1.54, 1.807) is 6.07 Å². The zero-order chi connectivity index (χ0) is 13.8. The number of piperidine rings is 1. The van der Waals surface area contributed by atoms with Crippen molar-refractivity contribution in [2.75, 3.05) is 18.0 Å². The number of amides is 1. The minimum Gasteiger partial charge on any atom is -0.465 e. The summed E-state index contributed by atoms with van der Waals surface area (Å²) in [6.07, 6.45) is 0.714. The number of hydrogen-bond acceptors (Lipinski definition) is 4. The van der Waals surface area contributed by atoms with Crippen LogP contribution in [0.25, 0.3) is 0 Å². The molecule has 19 heavy (non-hydrogen) atoms. The molecule has 0 radical (unpaired) electrons. The fraction of sp³-hybridized carbons (Fsp3) is 0.500. The van der Waals surface area contributed by atoms with E-state index in [0.717, 1.165) is 24.9 Å². The summed E-state index contributed by atoms with van der Waals surface area (Å²) in [6.45, 7) is 1.31. The highest BCUT2D eigenvalue weighted by Gasteiger charge is 2.23. The van der Waals surface area contributed by atoms with Gasteiger partial charge >= 0.3 is 6.09 Å². The third-order valence-electron chi connectivity index (χ3n) is 3.14. The van der Waals surface area contributed by atoms with Crippen molar-refractivity contribution >= 4 is 27.8 Å². The number of aliphatic hydroxyl groups is 1. The number of nitrogens with zero attached hydrogens (tertiary/aromatic N) is 2. The van der Waals surface area contributed by atoms with Crippen LogP contribution < -0.4 is 10.2 Å². The molecule has 1 atom stereocenters. The number of aromatic nitrogens is 1. The summed E-state index contributed by atoms with van der Waals surface area (Å²) in [7, 11) is 0. The SMILES string of the molecule is O=C(O)N[C@H]1CCCN(c2nc(Br)ccc2CO)C1. The van der Waals surface area contributed by atoms with Gasteiger partial charge in [0.2, 0.25) is 0 Å². The van der Waals surface area contributed by atoms with E-state index in [9.17, 15) is 9.90 Å². The largest absolute Gasteiger partial charge is 0.465 e. The molecule has 2 heterocycles. The molecule has 3 N–H and O–H groups in total. The molecular formula is C12H16BrN3O3. The standard InChI is InChI=1S/C12H16BrN3O3/c13-10-4-3-8(7-17)11(15-10)16-5-1-2-9(6-16)14-12(18)19/h3-4,9,14,17H,1-2,5-7H2,(H,18,19)/t9-/m0/s1. The van der Waals surface area contributed by atoms with Gasteiger partial charge in [-0.3, -0.25) is 0 Å². The van der Waals surface area contributed by atoms with E-state index in [-0.39, 0.29) is 12.6 Å². The Morgan fingerprint density at radius 1 is 1.58 bits per heavy atom. The van der Waals surface area contributed by atoms with E-state index < -0.39 is 6.09 Å². The third kappa shape index (κ3) is 3.57. The van der Waals surface area contributed by atoms with Crippen LogP contribution >= 0.6 is 15.9 Å². The second-order valence-corrected chi connectivity index (χ2v) is 5.32. The average molecular weight is 330 g/mol. The summed E-state index contributed by atoms with van der Waals surface area (Å²) < 4.78 is 0.702. The van der Waals surface area contributed by atoms with Crippen LogP contribution in [0.1, 0.15) is 18.4 Å². The molecule has 0 aromatic carbocycles. The van der Waals surface area contributed by atoms with Crippen LogP contribution in [0.3, 0.4) is 0 Å². The number of aliphatic hydroxyl groups excluding tert-OH is 1. The molecule has 1 aromatic rings. The number of hydrogen-bond donors (Lipinski definition) is 3. The first-order valence-corrected chi connectivity index (χ1v) is 6.90. The third-order valence-corrected chi connectivity index (χ3v) is 3.58. The zero-order valence-electron chi connectivity index (χ0n) is 10.3. The van der Waals surface area contributed by atoms with Gasteiger partial charge in [0.25, 0.3) is 0 Å². The van der Waals surface area contributed by atoms with Gasteiger partial charge in [0.05, 0.1) is 6.61 Å². The van der Waals surface area contributed by atoms with Crippen LogP contribution in [0.15, 0.2) is 16.7 Å².